The van der Waals surface area contributed by atoms with Gasteiger partial charge in [0.1, 0.15) is 0 Å². The minimum Gasteiger partial charge on any atom is -0.462 e. The molecule has 3 nitrogen and oxygen atoms in total. The molecule has 0 aromatic rings. The SMILES string of the molecule is C=C(CCCN(C)C)C(=O)OCCCCCCCCCCCCCCCCCC. The lowest BCUT2D eigenvalue weighted by atomic mass is 10.0. The summed E-state index contributed by atoms with van der Waals surface area (Å²) in [6.07, 6.45) is 23.4. The highest BCUT2D eigenvalue weighted by Crippen LogP contribution is 2.14. The summed E-state index contributed by atoms with van der Waals surface area (Å²) in [6.45, 7) is 7.66. The van der Waals surface area contributed by atoms with Crippen molar-refractivity contribution in [2.24, 2.45) is 0 Å². The predicted molar refractivity (Wildman–Crippen MR) is 127 cm³/mol. The fourth-order valence-corrected chi connectivity index (χ4v) is 3.63. The Kier molecular flexibility index (Phi) is 21.2. The van der Waals surface area contributed by atoms with Gasteiger partial charge in [0.2, 0.25) is 0 Å². The monoisotopic (exact) mass is 409 g/mol. The van der Waals surface area contributed by atoms with E-state index < -0.39 is 0 Å². The summed E-state index contributed by atoms with van der Waals surface area (Å²) < 4.78 is 5.33. The third-order valence-electron chi connectivity index (χ3n) is 5.60. The summed E-state index contributed by atoms with van der Waals surface area (Å²) in [5, 5.41) is 0. The van der Waals surface area contributed by atoms with Crippen molar-refractivity contribution >= 4 is 5.97 Å². The second-order valence-electron chi connectivity index (χ2n) is 8.95. The van der Waals surface area contributed by atoms with E-state index in [1.807, 2.05) is 14.1 Å². The molecule has 0 atom stereocenters. The number of nitrogens with zero attached hydrogens (tertiary/aromatic N) is 1. The van der Waals surface area contributed by atoms with Crippen molar-refractivity contribution in [1.29, 1.82) is 0 Å². The minimum absolute atomic E-state index is 0.204. The van der Waals surface area contributed by atoms with Gasteiger partial charge in [-0.1, -0.05) is 110 Å². The smallest absolute Gasteiger partial charge is 0.333 e. The van der Waals surface area contributed by atoms with Crippen LogP contribution in [0.4, 0.5) is 0 Å². The molecule has 0 bridgehead atoms. The highest BCUT2D eigenvalue weighted by molar-refractivity contribution is 5.87. The number of hydrogen-bond acceptors (Lipinski definition) is 3. The van der Waals surface area contributed by atoms with E-state index in [-0.39, 0.29) is 5.97 Å². The van der Waals surface area contributed by atoms with Gasteiger partial charge in [-0.3, -0.25) is 0 Å². The van der Waals surface area contributed by atoms with Crippen molar-refractivity contribution in [2.75, 3.05) is 27.2 Å². The molecule has 0 aromatic carbocycles. The molecule has 0 spiro atoms. The second kappa shape index (κ2) is 21.9. The average molecular weight is 410 g/mol. The summed E-state index contributed by atoms with van der Waals surface area (Å²) in [5.74, 6) is -0.204. The predicted octanol–water partition coefficient (Wildman–Crippen LogP) is 7.69. The van der Waals surface area contributed by atoms with E-state index in [4.69, 9.17) is 4.74 Å². The Hall–Kier alpha value is -0.830. The summed E-state index contributed by atoms with van der Waals surface area (Å²) in [5.41, 5.74) is 0.614. The van der Waals surface area contributed by atoms with Crippen molar-refractivity contribution in [1.82, 2.24) is 4.90 Å². The van der Waals surface area contributed by atoms with Crippen LogP contribution in [0.2, 0.25) is 0 Å². The van der Waals surface area contributed by atoms with E-state index >= 15 is 0 Å². The molecule has 172 valence electrons. The molecule has 0 aliphatic carbocycles. The maximum absolute atomic E-state index is 11.8. The molecule has 0 heterocycles. The summed E-state index contributed by atoms with van der Waals surface area (Å²) in [6, 6.07) is 0. The number of carbonyl (C=O) groups is 1. The van der Waals surface area contributed by atoms with Gasteiger partial charge in [0.05, 0.1) is 6.61 Å². The Bertz CT molecular complexity index is 379. The molecule has 0 fully saturated rings. The van der Waals surface area contributed by atoms with Crippen LogP contribution in [0, 0.1) is 0 Å². The molecule has 0 N–H and O–H groups in total. The van der Waals surface area contributed by atoms with Gasteiger partial charge in [0.25, 0.3) is 0 Å². The fraction of sp³-hybridized carbons (Fsp3) is 0.885. The lowest BCUT2D eigenvalue weighted by molar-refractivity contribution is -0.139. The average Bonchev–Trinajstić information content (AvgIpc) is 2.69. The Morgan fingerprint density at radius 3 is 1.52 bits per heavy atom. The molecular formula is C26H51NO2. The van der Waals surface area contributed by atoms with Crippen molar-refractivity contribution in [3.05, 3.63) is 12.2 Å². The number of rotatable bonds is 22. The van der Waals surface area contributed by atoms with Crippen LogP contribution in [0.15, 0.2) is 12.2 Å². The van der Waals surface area contributed by atoms with E-state index in [0.29, 0.717) is 12.2 Å². The highest BCUT2D eigenvalue weighted by Gasteiger charge is 2.08. The van der Waals surface area contributed by atoms with Gasteiger partial charge in [-0.25, -0.2) is 4.79 Å². The van der Waals surface area contributed by atoms with Gasteiger partial charge in [-0.15, -0.1) is 0 Å². The topological polar surface area (TPSA) is 29.5 Å². The minimum atomic E-state index is -0.204. The molecule has 29 heavy (non-hydrogen) atoms. The van der Waals surface area contributed by atoms with Crippen LogP contribution in [0.5, 0.6) is 0 Å². The Labute approximate surface area is 182 Å². The largest absolute Gasteiger partial charge is 0.462 e. The number of ether oxygens (including phenoxy) is 1. The van der Waals surface area contributed by atoms with Gasteiger partial charge in [-0.05, 0) is 39.9 Å². The Balaban J connectivity index is 3.23. The van der Waals surface area contributed by atoms with Gasteiger partial charge in [-0.2, -0.15) is 0 Å². The van der Waals surface area contributed by atoms with Gasteiger partial charge < -0.3 is 9.64 Å². The first kappa shape index (κ1) is 28.2. The standard InChI is InChI=1S/C26H51NO2/c1-5-6-7-8-9-10-11-12-13-14-15-16-17-18-19-20-24-29-26(28)25(2)22-21-23-27(3)4/h2,5-24H2,1,3-4H3. The van der Waals surface area contributed by atoms with E-state index in [1.54, 1.807) is 0 Å². The zero-order valence-electron chi connectivity index (χ0n) is 20.1. The quantitative estimate of drug-likeness (QED) is 0.104. The fourth-order valence-electron chi connectivity index (χ4n) is 3.63. The van der Waals surface area contributed by atoms with E-state index in [9.17, 15) is 4.79 Å². The zero-order chi connectivity index (χ0) is 21.6. The highest BCUT2D eigenvalue weighted by atomic mass is 16.5. The Morgan fingerprint density at radius 1 is 0.690 bits per heavy atom. The van der Waals surface area contributed by atoms with Crippen LogP contribution in [-0.4, -0.2) is 38.1 Å². The van der Waals surface area contributed by atoms with Crippen LogP contribution in [0.25, 0.3) is 0 Å². The van der Waals surface area contributed by atoms with Crippen LogP contribution < -0.4 is 0 Å². The number of carbonyl (C=O) groups excluding carboxylic acids is 1. The van der Waals surface area contributed by atoms with E-state index in [2.05, 4.69) is 18.4 Å². The molecule has 0 amide bonds. The van der Waals surface area contributed by atoms with Crippen molar-refractivity contribution < 1.29 is 9.53 Å². The second-order valence-corrected chi connectivity index (χ2v) is 8.95. The van der Waals surface area contributed by atoms with Gasteiger partial charge in [0, 0.05) is 5.57 Å². The number of unbranched alkanes of at least 4 members (excludes halogenated alkanes) is 15. The lowest BCUT2D eigenvalue weighted by Gasteiger charge is -2.10. The molecule has 0 aliphatic rings. The first-order valence-electron chi connectivity index (χ1n) is 12.6. The Morgan fingerprint density at radius 2 is 1.10 bits per heavy atom. The van der Waals surface area contributed by atoms with E-state index in [1.165, 1.54) is 96.3 Å². The van der Waals surface area contributed by atoms with Crippen LogP contribution in [0.3, 0.4) is 0 Å². The molecule has 0 aliphatic heterocycles. The molecular weight excluding hydrogens is 358 g/mol. The van der Waals surface area contributed by atoms with Gasteiger partial charge >= 0.3 is 5.97 Å². The molecule has 0 unspecified atom stereocenters. The first-order chi connectivity index (χ1) is 14.1. The van der Waals surface area contributed by atoms with Crippen LogP contribution in [-0.2, 0) is 9.53 Å². The maximum atomic E-state index is 11.8. The lowest BCUT2D eigenvalue weighted by Crippen LogP contribution is -2.14. The molecule has 0 saturated heterocycles. The molecule has 3 heteroatoms. The normalized spacial score (nSPS) is 11.2. The molecule has 0 saturated carbocycles. The summed E-state index contributed by atoms with van der Waals surface area (Å²) in [7, 11) is 4.08. The van der Waals surface area contributed by atoms with Crippen LogP contribution >= 0.6 is 0 Å². The molecule has 0 aromatic heterocycles. The van der Waals surface area contributed by atoms with Gasteiger partial charge in [0.15, 0.2) is 0 Å². The first-order valence-corrected chi connectivity index (χ1v) is 12.6. The maximum Gasteiger partial charge on any atom is 0.333 e. The third-order valence-corrected chi connectivity index (χ3v) is 5.60. The number of esters is 1. The third kappa shape index (κ3) is 21.7. The van der Waals surface area contributed by atoms with Crippen molar-refractivity contribution in [2.45, 2.75) is 122 Å². The van der Waals surface area contributed by atoms with Crippen LogP contribution in [0.1, 0.15) is 122 Å². The molecule has 0 radical (unpaired) electrons. The number of hydrogen-bond donors (Lipinski definition) is 0. The summed E-state index contributed by atoms with van der Waals surface area (Å²) in [4.78, 5) is 14.0. The zero-order valence-corrected chi connectivity index (χ0v) is 20.1. The summed E-state index contributed by atoms with van der Waals surface area (Å²) >= 11 is 0. The molecule has 0 rings (SSSR count). The van der Waals surface area contributed by atoms with Crippen molar-refractivity contribution in [3.63, 3.8) is 0 Å². The van der Waals surface area contributed by atoms with E-state index in [0.717, 1.165) is 25.8 Å². The van der Waals surface area contributed by atoms with Crippen molar-refractivity contribution in [3.8, 4) is 0 Å².